The molecule has 1 N–H and O–H groups in total. The maximum absolute atomic E-state index is 11.8. The number of aryl methyl sites for hydroxylation is 2. The van der Waals surface area contributed by atoms with Gasteiger partial charge in [0.15, 0.2) is 6.61 Å². The van der Waals surface area contributed by atoms with Crippen molar-refractivity contribution < 1.29 is 9.63 Å². The van der Waals surface area contributed by atoms with Gasteiger partial charge in [-0.3, -0.25) is 4.79 Å². The summed E-state index contributed by atoms with van der Waals surface area (Å²) >= 11 is 1.58. The first-order valence-electron chi connectivity index (χ1n) is 6.64. The quantitative estimate of drug-likeness (QED) is 0.675. The number of hydrogen-bond acceptors (Lipinski definition) is 4. The number of nitrogens with zero attached hydrogens (tertiary/aromatic N) is 1. The lowest BCUT2D eigenvalue weighted by molar-refractivity contribution is -0.120. The van der Waals surface area contributed by atoms with Gasteiger partial charge in [0.25, 0.3) is 5.91 Å². The second kappa shape index (κ2) is 7.04. The first-order valence-corrected chi connectivity index (χ1v) is 7.52. The smallest absolute Gasteiger partial charge is 0.265 e. The summed E-state index contributed by atoms with van der Waals surface area (Å²) in [6.07, 6.45) is 0. The van der Waals surface area contributed by atoms with Gasteiger partial charge in [0.2, 0.25) is 0 Å². The van der Waals surface area contributed by atoms with Crippen molar-refractivity contribution in [3.05, 3.63) is 51.7 Å². The number of amides is 1. The molecule has 0 saturated heterocycles. The predicted molar refractivity (Wildman–Crippen MR) is 87.0 cm³/mol. The van der Waals surface area contributed by atoms with E-state index in [1.165, 1.54) is 0 Å². The molecule has 5 heteroatoms. The number of rotatable bonds is 5. The number of oxime groups is 1. The Balaban J connectivity index is 1.86. The van der Waals surface area contributed by atoms with E-state index < -0.39 is 0 Å². The van der Waals surface area contributed by atoms with Gasteiger partial charge < -0.3 is 10.2 Å². The van der Waals surface area contributed by atoms with Crippen molar-refractivity contribution in [2.45, 2.75) is 20.8 Å². The van der Waals surface area contributed by atoms with Gasteiger partial charge in [-0.2, -0.15) is 0 Å². The van der Waals surface area contributed by atoms with Gasteiger partial charge in [-0.15, -0.1) is 11.3 Å². The van der Waals surface area contributed by atoms with Crippen LogP contribution in [0.15, 0.2) is 40.9 Å². The third-order valence-electron chi connectivity index (χ3n) is 2.93. The molecule has 0 unspecified atom stereocenters. The van der Waals surface area contributed by atoms with E-state index in [4.69, 9.17) is 4.84 Å². The summed E-state index contributed by atoms with van der Waals surface area (Å²) in [6.45, 7) is 5.73. The average molecular weight is 302 g/mol. The van der Waals surface area contributed by atoms with Gasteiger partial charge in [0.1, 0.15) is 0 Å². The van der Waals surface area contributed by atoms with Crippen LogP contribution in [0.5, 0.6) is 0 Å². The lowest BCUT2D eigenvalue weighted by Crippen LogP contribution is -2.18. The highest BCUT2D eigenvalue weighted by Crippen LogP contribution is 2.15. The minimum Gasteiger partial charge on any atom is -0.385 e. The number of carbonyl (C=O) groups is 1. The molecule has 0 spiro atoms. The summed E-state index contributed by atoms with van der Waals surface area (Å²) in [5.41, 5.74) is 3.76. The number of nitrogens with one attached hydrogen (secondary N) is 1. The van der Waals surface area contributed by atoms with Crippen LogP contribution in [0, 0.1) is 13.8 Å². The first kappa shape index (κ1) is 15.3. The van der Waals surface area contributed by atoms with E-state index in [1.54, 1.807) is 11.3 Å². The summed E-state index contributed by atoms with van der Waals surface area (Å²) in [4.78, 5) is 17.9. The van der Waals surface area contributed by atoms with E-state index in [1.807, 2.05) is 56.5 Å². The Bertz CT molecular complexity index is 648. The number of carbonyl (C=O) groups excluding carboxylic acids is 1. The molecule has 0 fully saturated rings. The Labute approximate surface area is 128 Å². The molecule has 0 aliphatic carbocycles. The molecule has 4 nitrogen and oxygen atoms in total. The Morgan fingerprint density at radius 2 is 2.14 bits per heavy atom. The fraction of sp³-hybridized carbons (Fsp3) is 0.250. The highest BCUT2D eigenvalue weighted by Gasteiger charge is 2.06. The van der Waals surface area contributed by atoms with E-state index in [2.05, 4.69) is 10.5 Å². The Morgan fingerprint density at radius 3 is 2.81 bits per heavy atom. The van der Waals surface area contributed by atoms with Crippen LogP contribution in [0.25, 0.3) is 0 Å². The van der Waals surface area contributed by atoms with Crippen LogP contribution in [-0.2, 0) is 9.63 Å². The molecule has 0 radical (unpaired) electrons. The molecule has 110 valence electrons. The van der Waals surface area contributed by atoms with Gasteiger partial charge in [-0.1, -0.05) is 28.9 Å². The molecule has 1 heterocycles. The zero-order valence-corrected chi connectivity index (χ0v) is 13.2. The number of benzene rings is 1. The van der Waals surface area contributed by atoms with E-state index in [0.29, 0.717) is 0 Å². The molecular formula is C16H18N2O2S. The summed E-state index contributed by atoms with van der Waals surface area (Å²) in [5, 5.41) is 8.74. The van der Waals surface area contributed by atoms with E-state index in [0.717, 1.165) is 27.4 Å². The second-order valence-electron chi connectivity index (χ2n) is 4.79. The van der Waals surface area contributed by atoms with Crippen LogP contribution in [0.1, 0.15) is 22.9 Å². The molecule has 1 aromatic heterocycles. The lowest BCUT2D eigenvalue weighted by Gasteiger charge is -2.08. The summed E-state index contributed by atoms with van der Waals surface area (Å²) < 4.78 is 0. The van der Waals surface area contributed by atoms with Gasteiger partial charge in [-0.25, -0.2) is 0 Å². The maximum atomic E-state index is 11.8. The van der Waals surface area contributed by atoms with Gasteiger partial charge >= 0.3 is 0 Å². The molecule has 0 aliphatic rings. The molecule has 1 aromatic carbocycles. The van der Waals surface area contributed by atoms with Crippen molar-refractivity contribution in [2.75, 3.05) is 11.9 Å². The topological polar surface area (TPSA) is 50.7 Å². The molecule has 1 amide bonds. The largest absolute Gasteiger partial charge is 0.385 e. The molecular weight excluding hydrogens is 284 g/mol. The Hall–Kier alpha value is -2.14. The predicted octanol–water partition coefficient (Wildman–Crippen LogP) is 3.74. The van der Waals surface area contributed by atoms with E-state index >= 15 is 0 Å². The van der Waals surface area contributed by atoms with Crippen molar-refractivity contribution >= 4 is 28.6 Å². The molecule has 0 atom stereocenters. The standard InChI is InChI=1S/C16H18N2O2S/c1-11-6-7-14(12(2)9-11)17-16(19)10-20-18-13(3)15-5-4-8-21-15/h4-9H,10H2,1-3H3,(H,17,19)/b18-13-. The van der Waals surface area contributed by atoms with Gasteiger partial charge in [-0.05, 0) is 43.8 Å². The summed E-state index contributed by atoms with van der Waals surface area (Å²) in [5.74, 6) is -0.218. The van der Waals surface area contributed by atoms with Crippen LogP contribution in [0.2, 0.25) is 0 Å². The van der Waals surface area contributed by atoms with Crippen molar-refractivity contribution in [3.63, 3.8) is 0 Å². The molecule has 21 heavy (non-hydrogen) atoms. The van der Waals surface area contributed by atoms with Crippen LogP contribution in [0.4, 0.5) is 5.69 Å². The van der Waals surface area contributed by atoms with Gasteiger partial charge in [0, 0.05) is 5.69 Å². The molecule has 0 aliphatic heterocycles. The molecule has 2 rings (SSSR count). The van der Waals surface area contributed by atoms with Crippen molar-refractivity contribution in [1.29, 1.82) is 0 Å². The SMILES string of the molecule is C/C(=N/OCC(=O)Nc1ccc(C)cc1C)c1cccs1. The highest BCUT2D eigenvalue weighted by atomic mass is 32.1. The summed E-state index contributed by atoms with van der Waals surface area (Å²) in [6, 6.07) is 9.79. The van der Waals surface area contributed by atoms with Crippen LogP contribution >= 0.6 is 11.3 Å². The number of anilines is 1. The lowest BCUT2D eigenvalue weighted by atomic mass is 10.1. The third-order valence-corrected chi connectivity index (χ3v) is 3.91. The van der Waals surface area contributed by atoms with Crippen LogP contribution in [0.3, 0.4) is 0 Å². The zero-order chi connectivity index (χ0) is 15.2. The first-order chi connectivity index (χ1) is 10.1. The normalized spacial score (nSPS) is 11.3. The third kappa shape index (κ3) is 4.43. The fourth-order valence-electron chi connectivity index (χ4n) is 1.86. The fourth-order valence-corrected chi connectivity index (χ4v) is 2.53. The Morgan fingerprint density at radius 1 is 1.33 bits per heavy atom. The van der Waals surface area contributed by atoms with Crippen LogP contribution in [-0.4, -0.2) is 18.2 Å². The monoisotopic (exact) mass is 302 g/mol. The number of hydrogen-bond donors (Lipinski definition) is 1. The number of thiophene rings is 1. The summed E-state index contributed by atoms with van der Waals surface area (Å²) in [7, 11) is 0. The molecule has 2 aromatic rings. The van der Waals surface area contributed by atoms with Crippen molar-refractivity contribution in [2.24, 2.45) is 5.16 Å². The minimum atomic E-state index is -0.218. The molecule has 0 bridgehead atoms. The van der Waals surface area contributed by atoms with Crippen molar-refractivity contribution in [1.82, 2.24) is 0 Å². The Kier molecular flexibility index (Phi) is 5.11. The van der Waals surface area contributed by atoms with E-state index in [-0.39, 0.29) is 12.5 Å². The maximum Gasteiger partial charge on any atom is 0.265 e. The molecule has 0 saturated carbocycles. The van der Waals surface area contributed by atoms with E-state index in [9.17, 15) is 4.79 Å². The minimum absolute atomic E-state index is 0.101. The van der Waals surface area contributed by atoms with Crippen LogP contribution < -0.4 is 5.32 Å². The average Bonchev–Trinajstić information content (AvgIpc) is 2.96. The zero-order valence-electron chi connectivity index (χ0n) is 12.3. The highest BCUT2D eigenvalue weighted by molar-refractivity contribution is 7.12. The van der Waals surface area contributed by atoms with Crippen molar-refractivity contribution in [3.8, 4) is 0 Å². The van der Waals surface area contributed by atoms with Gasteiger partial charge in [0.05, 0.1) is 10.6 Å². The second-order valence-corrected chi connectivity index (χ2v) is 5.74.